The average molecular weight is 244 g/mol. The van der Waals surface area contributed by atoms with E-state index in [-0.39, 0.29) is 0 Å². The standard InChI is InChI=1S/C13H12N2O3/c16-12(10-6-7-14-8-10)15-11(13(17)18)9-4-2-1-3-5-9/h1-8,11,14H,(H,15,16)(H,17,18). The quantitative estimate of drug-likeness (QED) is 0.763. The monoisotopic (exact) mass is 244 g/mol. The SMILES string of the molecule is O=C(NC(C(=O)O)c1ccccc1)c1cc[nH]c1. The second-order valence-corrected chi connectivity index (χ2v) is 3.76. The molecule has 0 bridgehead atoms. The van der Waals surface area contributed by atoms with E-state index in [4.69, 9.17) is 5.11 Å². The van der Waals surface area contributed by atoms with Crippen molar-refractivity contribution in [1.82, 2.24) is 10.3 Å². The topological polar surface area (TPSA) is 82.2 Å². The maximum Gasteiger partial charge on any atom is 0.330 e. The molecule has 1 aromatic heterocycles. The van der Waals surface area contributed by atoms with Crippen molar-refractivity contribution in [1.29, 1.82) is 0 Å². The first-order valence-electron chi connectivity index (χ1n) is 5.40. The number of rotatable bonds is 4. The molecule has 1 unspecified atom stereocenters. The molecule has 5 heteroatoms. The second-order valence-electron chi connectivity index (χ2n) is 3.76. The van der Waals surface area contributed by atoms with Gasteiger partial charge in [-0.1, -0.05) is 30.3 Å². The zero-order chi connectivity index (χ0) is 13.0. The highest BCUT2D eigenvalue weighted by Gasteiger charge is 2.22. The number of nitrogens with one attached hydrogen (secondary N) is 2. The van der Waals surface area contributed by atoms with Crippen LogP contribution in [0.15, 0.2) is 48.8 Å². The summed E-state index contributed by atoms with van der Waals surface area (Å²) in [5, 5.41) is 11.6. The van der Waals surface area contributed by atoms with Gasteiger partial charge in [-0.25, -0.2) is 4.79 Å². The van der Waals surface area contributed by atoms with E-state index in [0.717, 1.165) is 0 Å². The van der Waals surface area contributed by atoms with Gasteiger partial charge in [-0.05, 0) is 11.6 Å². The smallest absolute Gasteiger partial charge is 0.330 e. The number of hydrogen-bond donors (Lipinski definition) is 3. The van der Waals surface area contributed by atoms with Crippen molar-refractivity contribution in [3.63, 3.8) is 0 Å². The summed E-state index contributed by atoms with van der Waals surface area (Å²) < 4.78 is 0. The molecule has 0 saturated carbocycles. The van der Waals surface area contributed by atoms with Gasteiger partial charge in [0.25, 0.3) is 5.91 Å². The van der Waals surface area contributed by atoms with Crippen molar-refractivity contribution in [3.8, 4) is 0 Å². The normalized spacial score (nSPS) is 11.8. The van der Waals surface area contributed by atoms with Crippen LogP contribution in [0.2, 0.25) is 0 Å². The fraction of sp³-hybridized carbons (Fsp3) is 0.0769. The molecular weight excluding hydrogens is 232 g/mol. The van der Waals surface area contributed by atoms with Crippen LogP contribution in [0.4, 0.5) is 0 Å². The van der Waals surface area contributed by atoms with E-state index in [1.165, 1.54) is 6.20 Å². The van der Waals surface area contributed by atoms with Gasteiger partial charge < -0.3 is 15.4 Å². The lowest BCUT2D eigenvalue weighted by Gasteiger charge is -2.14. The lowest BCUT2D eigenvalue weighted by atomic mass is 10.1. The minimum Gasteiger partial charge on any atom is -0.479 e. The number of carbonyl (C=O) groups excluding carboxylic acids is 1. The molecule has 1 atom stereocenters. The Morgan fingerprint density at radius 3 is 2.44 bits per heavy atom. The second kappa shape index (κ2) is 5.18. The van der Waals surface area contributed by atoms with Crippen molar-refractivity contribution in [3.05, 3.63) is 59.9 Å². The zero-order valence-electron chi connectivity index (χ0n) is 9.46. The molecule has 2 aromatic rings. The van der Waals surface area contributed by atoms with E-state index in [0.29, 0.717) is 11.1 Å². The number of benzene rings is 1. The summed E-state index contributed by atoms with van der Waals surface area (Å²) >= 11 is 0. The van der Waals surface area contributed by atoms with Crippen molar-refractivity contribution >= 4 is 11.9 Å². The Balaban J connectivity index is 2.18. The molecule has 0 aliphatic heterocycles. The van der Waals surface area contributed by atoms with Crippen LogP contribution in [-0.2, 0) is 4.79 Å². The molecule has 0 fully saturated rings. The number of hydrogen-bond acceptors (Lipinski definition) is 2. The Morgan fingerprint density at radius 2 is 1.89 bits per heavy atom. The molecule has 3 N–H and O–H groups in total. The van der Waals surface area contributed by atoms with Gasteiger partial charge in [-0.3, -0.25) is 4.79 Å². The fourth-order valence-electron chi connectivity index (χ4n) is 1.61. The summed E-state index contributed by atoms with van der Waals surface area (Å²) in [6.07, 6.45) is 3.12. The molecule has 2 rings (SSSR count). The van der Waals surface area contributed by atoms with Crippen LogP contribution in [-0.4, -0.2) is 22.0 Å². The van der Waals surface area contributed by atoms with Gasteiger partial charge in [0, 0.05) is 12.4 Å². The highest BCUT2D eigenvalue weighted by molar-refractivity contribution is 5.96. The van der Waals surface area contributed by atoms with Crippen LogP contribution in [0.5, 0.6) is 0 Å². The maximum absolute atomic E-state index is 11.8. The highest BCUT2D eigenvalue weighted by Crippen LogP contribution is 2.13. The minimum absolute atomic E-state index is 0.400. The Bertz CT molecular complexity index is 535. The largest absolute Gasteiger partial charge is 0.479 e. The summed E-state index contributed by atoms with van der Waals surface area (Å²) in [5.41, 5.74) is 0.936. The van der Waals surface area contributed by atoms with E-state index in [2.05, 4.69) is 10.3 Å². The van der Waals surface area contributed by atoms with Crippen LogP contribution in [0.25, 0.3) is 0 Å². The van der Waals surface area contributed by atoms with Crippen molar-refractivity contribution in [2.75, 3.05) is 0 Å². The minimum atomic E-state index is -1.09. The van der Waals surface area contributed by atoms with Gasteiger partial charge in [0.1, 0.15) is 0 Å². The molecule has 92 valence electrons. The van der Waals surface area contributed by atoms with Crippen molar-refractivity contribution in [2.45, 2.75) is 6.04 Å². The first-order chi connectivity index (χ1) is 8.68. The number of H-pyrrole nitrogens is 1. The third kappa shape index (κ3) is 2.57. The fourth-order valence-corrected chi connectivity index (χ4v) is 1.61. The Morgan fingerprint density at radius 1 is 1.17 bits per heavy atom. The van der Waals surface area contributed by atoms with E-state index in [1.54, 1.807) is 42.6 Å². The van der Waals surface area contributed by atoms with Gasteiger partial charge in [-0.15, -0.1) is 0 Å². The highest BCUT2D eigenvalue weighted by atomic mass is 16.4. The lowest BCUT2D eigenvalue weighted by Crippen LogP contribution is -2.33. The summed E-state index contributed by atoms with van der Waals surface area (Å²) in [6.45, 7) is 0. The summed E-state index contributed by atoms with van der Waals surface area (Å²) in [4.78, 5) is 25.7. The Hall–Kier alpha value is -2.56. The summed E-state index contributed by atoms with van der Waals surface area (Å²) in [7, 11) is 0. The van der Waals surface area contributed by atoms with Crippen molar-refractivity contribution < 1.29 is 14.7 Å². The summed E-state index contributed by atoms with van der Waals surface area (Å²) in [5.74, 6) is -1.52. The van der Waals surface area contributed by atoms with E-state index in [9.17, 15) is 9.59 Å². The number of carbonyl (C=O) groups is 2. The van der Waals surface area contributed by atoms with Gasteiger partial charge in [0.2, 0.25) is 0 Å². The predicted molar refractivity (Wildman–Crippen MR) is 65.1 cm³/mol. The molecule has 1 heterocycles. The van der Waals surface area contributed by atoms with E-state index < -0.39 is 17.9 Å². The predicted octanol–water partition coefficient (Wildman–Crippen LogP) is 1.57. The molecule has 0 aliphatic carbocycles. The Kier molecular flexibility index (Phi) is 3.43. The van der Waals surface area contributed by atoms with Crippen LogP contribution in [0.1, 0.15) is 22.0 Å². The molecule has 18 heavy (non-hydrogen) atoms. The molecular formula is C13H12N2O3. The van der Waals surface area contributed by atoms with Crippen LogP contribution >= 0.6 is 0 Å². The van der Waals surface area contributed by atoms with Crippen LogP contribution in [0, 0.1) is 0 Å². The molecule has 0 saturated heterocycles. The first kappa shape index (κ1) is 11.9. The third-order valence-electron chi connectivity index (χ3n) is 2.52. The Labute approximate surface area is 103 Å². The number of carboxylic acids is 1. The zero-order valence-corrected chi connectivity index (χ0v) is 9.46. The maximum atomic E-state index is 11.8. The summed E-state index contributed by atoms with van der Waals surface area (Å²) in [6, 6.07) is 9.11. The van der Waals surface area contributed by atoms with E-state index in [1.807, 2.05) is 0 Å². The van der Waals surface area contributed by atoms with E-state index >= 15 is 0 Å². The van der Waals surface area contributed by atoms with Crippen LogP contribution in [0.3, 0.4) is 0 Å². The number of carboxylic acid groups (broad SMARTS) is 1. The third-order valence-corrected chi connectivity index (χ3v) is 2.52. The lowest BCUT2D eigenvalue weighted by molar-refractivity contribution is -0.139. The number of aromatic nitrogens is 1. The van der Waals surface area contributed by atoms with Gasteiger partial charge >= 0.3 is 5.97 Å². The van der Waals surface area contributed by atoms with Crippen molar-refractivity contribution in [2.24, 2.45) is 0 Å². The number of aromatic amines is 1. The molecule has 0 aliphatic rings. The first-order valence-corrected chi connectivity index (χ1v) is 5.40. The van der Waals surface area contributed by atoms with Gasteiger partial charge in [-0.2, -0.15) is 0 Å². The van der Waals surface area contributed by atoms with Crippen LogP contribution < -0.4 is 5.32 Å². The molecule has 1 amide bonds. The number of aliphatic carboxylic acids is 1. The van der Waals surface area contributed by atoms with Gasteiger partial charge in [0.05, 0.1) is 5.56 Å². The average Bonchev–Trinajstić information content (AvgIpc) is 2.90. The molecule has 5 nitrogen and oxygen atoms in total. The molecule has 0 radical (unpaired) electrons. The van der Waals surface area contributed by atoms with Gasteiger partial charge in [0.15, 0.2) is 6.04 Å². The molecule has 1 aromatic carbocycles. The molecule has 0 spiro atoms. The number of amides is 1.